The predicted molar refractivity (Wildman–Crippen MR) is 58.0 cm³/mol. The van der Waals surface area contributed by atoms with E-state index in [0.29, 0.717) is 18.1 Å². The normalized spacial score (nSPS) is 16.2. The molecule has 13 heavy (non-hydrogen) atoms. The van der Waals surface area contributed by atoms with Gasteiger partial charge in [0.1, 0.15) is 0 Å². The van der Waals surface area contributed by atoms with Crippen LogP contribution >= 0.6 is 0 Å². The van der Waals surface area contributed by atoms with E-state index in [2.05, 4.69) is 39.9 Å². The summed E-state index contributed by atoms with van der Waals surface area (Å²) >= 11 is 0. The monoisotopic (exact) mass is 187 g/mol. The van der Waals surface area contributed by atoms with Crippen LogP contribution in [0, 0.1) is 5.92 Å². The molecule has 0 bridgehead atoms. The first-order chi connectivity index (χ1) is 6.07. The van der Waals surface area contributed by atoms with Crippen molar-refractivity contribution >= 4 is 0 Å². The molecule has 1 N–H and O–H groups in total. The Morgan fingerprint density at radius 2 is 1.77 bits per heavy atom. The zero-order chi connectivity index (χ0) is 10.3. The Bertz CT molecular complexity index is 115. The van der Waals surface area contributed by atoms with Crippen LogP contribution in [0.3, 0.4) is 0 Å². The van der Waals surface area contributed by atoms with Crippen molar-refractivity contribution < 1.29 is 4.74 Å². The van der Waals surface area contributed by atoms with Crippen LogP contribution in [0.2, 0.25) is 0 Å². The summed E-state index contributed by atoms with van der Waals surface area (Å²) in [4.78, 5) is 0. The number of hydrogen-bond donors (Lipinski definition) is 1. The molecule has 0 aromatic carbocycles. The van der Waals surface area contributed by atoms with Crippen molar-refractivity contribution in [3.05, 3.63) is 0 Å². The largest absolute Gasteiger partial charge is 0.374 e. The molecule has 0 heterocycles. The van der Waals surface area contributed by atoms with Gasteiger partial charge in [-0.05, 0) is 32.7 Å². The molecule has 0 aliphatic heterocycles. The first kappa shape index (κ1) is 12.9. The molecule has 80 valence electrons. The van der Waals surface area contributed by atoms with Gasteiger partial charge in [0.25, 0.3) is 0 Å². The highest BCUT2D eigenvalue weighted by Gasteiger charge is 2.11. The average Bonchev–Trinajstić information content (AvgIpc) is 2.04. The summed E-state index contributed by atoms with van der Waals surface area (Å²) in [7, 11) is 0. The summed E-state index contributed by atoms with van der Waals surface area (Å²) in [6.45, 7) is 12.9. The van der Waals surface area contributed by atoms with Gasteiger partial charge in [0.2, 0.25) is 0 Å². The van der Waals surface area contributed by atoms with E-state index in [-0.39, 0.29) is 0 Å². The fourth-order valence-electron chi connectivity index (χ4n) is 1.05. The van der Waals surface area contributed by atoms with Crippen LogP contribution in [0.15, 0.2) is 0 Å². The zero-order valence-corrected chi connectivity index (χ0v) is 9.76. The molecule has 0 saturated carbocycles. The zero-order valence-electron chi connectivity index (χ0n) is 9.76. The van der Waals surface area contributed by atoms with Crippen LogP contribution in [0.5, 0.6) is 0 Å². The van der Waals surface area contributed by atoms with Gasteiger partial charge in [-0.2, -0.15) is 0 Å². The van der Waals surface area contributed by atoms with Crippen molar-refractivity contribution in [1.29, 1.82) is 0 Å². The molecule has 0 rings (SSSR count). The van der Waals surface area contributed by atoms with Crippen molar-refractivity contribution in [1.82, 2.24) is 5.32 Å². The minimum Gasteiger partial charge on any atom is -0.374 e. The lowest BCUT2D eigenvalue weighted by atomic mass is 10.1. The molecule has 0 aliphatic carbocycles. The van der Waals surface area contributed by atoms with Gasteiger partial charge in [-0.15, -0.1) is 0 Å². The molecule has 0 saturated heterocycles. The minimum absolute atomic E-state index is 0.323. The van der Waals surface area contributed by atoms with Crippen molar-refractivity contribution in [2.75, 3.05) is 13.1 Å². The number of nitrogens with one attached hydrogen (secondary N) is 1. The van der Waals surface area contributed by atoms with Crippen LogP contribution in [0.4, 0.5) is 0 Å². The van der Waals surface area contributed by atoms with E-state index >= 15 is 0 Å². The summed E-state index contributed by atoms with van der Waals surface area (Å²) in [6, 6.07) is 0. The Morgan fingerprint density at radius 3 is 2.23 bits per heavy atom. The summed E-state index contributed by atoms with van der Waals surface area (Å²) in [5.41, 5.74) is 0. The molecule has 0 aromatic rings. The Morgan fingerprint density at radius 1 is 1.15 bits per heavy atom. The molecule has 0 radical (unpaired) electrons. The number of hydrogen-bond acceptors (Lipinski definition) is 2. The fraction of sp³-hybridized carbons (Fsp3) is 1.00. The Kier molecular flexibility index (Phi) is 7.29. The molecule has 0 aromatic heterocycles. The van der Waals surface area contributed by atoms with Crippen molar-refractivity contribution in [2.24, 2.45) is 5.92 Å². The van der Waals surface area contributed by atoms with E-state index in [4.69, 9.17) is 4.74 Å². The highest BCUT2D eigenvalue weighted by atomic mass is 16.5. The van der Waals surface area contributed by atoms with Crippen molar-refractivity contribution in [3.8, 4) is 0 Å². The molecule has 2 nitrogen and oxygen atoms in total. The Hall–Kier alpha value is -0.0800. The van der Waals surface area contributed by atoms with E-state index < -0.39 is 0 Å². The predicted octanol–water partition coefficient (Wildman–Crippen LogP) is 2.44. The van der Waals surface area contributed by atoms with Gasteiger partial charge in [0.15, 0.2) is 0 Å². The number of rotatable bonds is 7. The summed E-state index contributed by atoms with van der Waals surface area (Å²) in [6.07, 6.45) is 1.87. The molecule has 0 fully saturated rings. The van der Waals surface area contributed by atoms with Gasteiger partial charge in [-0.3, -0.25) is 0 Å². The minimum atomic E-state index is 0.323. The lowest BCUT2D eigenvalue weighted by Gasteiger charge is -2.22. The van der Waals surface area contributed by atoms with Gasteiger partial charge in [-0.1, -0.05) is 20.8 Å². The van der Waals surface area contributed by atoms with E-state index in [1.54, 1.807) is 0 Å². The van der Waals surface area contributed by atoms with E-state index in [1.807, 2.05) is 0 Å². The Balaban J connectivity index is 3.43. The van der Waals surface area contributed by atoms with Gasteiger partial charge in [-0.25, -0.2) is 0 Å². The molecule has 2 unspecified atom stereocenters. The molecular formula is C11H25NO. The third-order valence-electron chi connectivity index (χ3n) is 2.24. The molecule has 0 spiro atoms. The quantitative estimate of drug-likeness (QED) is 0.618. The van der Waals surface area contributed by atoms with Crippen LogP contribution in [-0.4, -0.2) is 25.3 Å². The first-order valence-electron chi connectivity index (χ1n) is 5.44. The third kappa shape index (κ3) is 7.03. The maximum Gasteiger partial charge on any atom is 0.0675 e. The Labute approximate surface area is 83.1 Å². The maximum atomic E-state index is 5.80. The first-order valence-corrected chi connectivity index (χ1v) is 5.44. The van der Waals surface area contributed by atoms with Gasteiger partial charge >= 0.3 is 0 Å². The maximum absolute atomic E-state index is 5.80. The van der Waals surface area contributed by atoms with Crippen LogP contribution < -0.4 is 5.32 Å². The molecule has 0 aliphatic rings. The van der Waals surface area contributed by atoms with Gasteiger partial charge in [0, 0.05) is 6.54 Å². The lowest BCUT2D eigenvalue weighted by molar-refractivity contribution is -0.0147. The smallest absolute Gasteiger partial charge is 0.0675 e. The fourth-order valence-corrected chi connectivity index (χ4v) is 1.05. The van der Waals surface area contributed by atoms with E-state index in [1.165, 1.54) is 6.42 Å². The molecule has 2 heteroatoms. The highest BCUT2D eigenvalue weighted by molar-refractivity contribution is 4.61. The summed E-state index contributed by atoms with van der Waals surface area (Å²) in [5, 5.41) is 3.35. The standard InChI is InChI=1S/C11H25NO/c1-6-7-12-8-10(4)13-11(5)9(2)3/h9-12H,6-8H2,1-5H3. The van der Waals surface area contributed by atoms with Crippen LogP contribution in [-0.2, 0) is 4.74 Å². The summed E-state index contributed by atoms with van der Waals surface area (Å²) < 4.78 is 5.80. The van der Waals surface area contributed by atoms with Gasteiger partial charge < -0.3 is 10.1 Å². The van der Waals surface area contributed by atoms with E-state index in [0.717, 1.165) is 13.1 Å². The highest BCUT2D eigenvalue weighted by Crippen LogP contribution is 2.07. The SMILES string of the molecule is CCCNCC(C)OC(C)C(C)C. The lowest BCUT2D eigenvalue weighted by Crippen LogP contribution is -2.31. The molecule has 2 atom stereocenters. The second-order valence-corrected chi connectivity index (χ2v) is 4.10. The molecular weight excluding hydrogens is 162 g/mol. The van der Waals surface area contributed by atoms with Gasteiger partial charge in [0.05, 0.1) is 12.2 Å². The second-order valence-electron chi connectivity index (χ2n) is 4.10. The van der Waals surface area contributed by atoms with E-state index in [9.17, 15) is 0 Å². The van der Waals surface area contributed by atoms with Crippen molar-refractivity contribution in [3.63, 3.8) is 0 Å². The third-order valence-corrected chi connectivity index (χ3v) is 2.24. The summed E-state index contributed by atoms with van der Waals surface area (Å²) in [5.74, 6) is 0.605. The number of ether oxygens (including phenoxy) is 1. The average molecular weight is 187 g/mol. The molecule has 0 amide bonds. The van der Waals surface area contributed by atoms with Crippen LogP contribution in [0.25, 0.3) is 0 Å². The van der Waals surface area contributed by atoms with Crippen molar-refractivity contribution in [2.45, 2.75) is 53.2 Å². The topological polar surface area (TPSA) is 21.3 Å². The second kappa shape index (κ2) is 7.34. The van der Waals surface area contributed by atoms with Crippen LogP contribution in [0.1, 0.15) is 41.0 Å².